The lowest BCUT2D eigenvalue weighted by Crippen LogP contribution is -2.47. The van der Waals surface area contributed by atoms with Gasteiger partial charge in [-0.05, 0) is 71.3 Å². The van der Waals surface area contributed by atoms with Crippen LogP contribution >= 0.6 is 11.6 Å². The first-order chi connectivity index (χ1) is 24.4. The largest absolute Gasteiger partial charge is 0.493 e. The summed E-state index contributed by atoms with van der Waals surface area (Å²) in [6, 6.07) is 29.7. The van der Waals surface area contributed by atoms with E-state index >= 15 is 0 Å². The molecule has 0 atom stereocenters. The van der Waals surface area contributed by atoms with Gasteiger partial charge in [0.2, 0.25) is 11.8 Å². The van der Waals surface area contributed by atoms with Crippen LogP contribution in [0.4, 0.5) is 8.78 Å². The van der Waals surface area contributed by atoms with E-state index in [9.17, 15) is 13.6 Å². The van der Waals surface area contributed by atoms with Crippen LogP contribution in [0.3, 0.4) is 0 Å². The van der Waals surface area contributed by atoms with Gasteiger partial charge in [-0.15, -0.1) is 0 Å². The molecule has 0 spiro atoms. The van der Waals surface area contributed by atoms with Crippen molar-refractivity contribution in [3.8, 4) is 23.1 Å². The molecule has 5 aromatic rings. The molecule has 10 heteroatoms. The highest BCUT2D eigenvalue weighted by Gasteiger charge is 2.20. The van der Waals surface area contributed by atoms with E-state index in [-0.39, 0.29) is 23.4 Å². The summed E-state index contributed by atoms with van der Waals surface area (Å²) in [7, 11) is 0. The number of halogens is 3. The van der Waals surface area contributed by atoms with Crippen molar-refractivity contribution in [1.82, 2.24) is 14.8 Å². The average molecular weight is 696 g/mol. The summed E-state index contributed by atoms with van der Waals surface area (Å²) in [5.74, 6) is 0.453. The quantitative estimate of drug-likeness (QED) is 0.115. The van der Waals surface area contributed by atoms with Gasteiger partial charge in [-0.1, -0.05) is 60.1 Å². The molecule has 1 aromatic heterocycles. The number of carbonyl (C=O) groups excluding carboxylic acids is 1. The van der Waals surface area contributed by atoms with Gasteiger partial charge < -0.3 is 19.1 Å². The molecule has 0 saturated carbocycles. The Labute approximate surface area is 295 Å². The normalized spacial score (nSPS) is 13.4. The molecule has 7 nitrogen and oxygen atoms in total. The van der Waals surface area contributed by atoms with Crippen molar-refractivity contribution >= 4 is 23.6 Å². The lowest BCUT2D eigenvalue weighted by atomic mass is 10.1. The second-order valence-electron chi connectivity index (χ2n) is 11.8. The lowest BCUT2D eigenvalue weighted by Gasteiger charge is -2.34. The minimum atomic E-state index is -0.569. The second-order valence-corrected chi connectivity index (χ2v) is 12.2. The van der Waals surface area contributed by atoms with E-state index < -0.39 is 5.82 Å². The number of nitrogens with zero attached hydrogens (tertiary/aromatic N) is 3. The van der Waals surface area contributed by atoms with Crippen LogP contribution in [0, 0.1) is 11.6 Å². The van der Waals surface area contributed by atoms with E-state index in [1.54, 1.807) is 47.4 Å². The highest BCUT2D eigenvalue weighted by molar-refractivity contribution is 6.31. The fourth-order valence-electron chi connectivity index (χ4n) is 5.39. The van der Waals surface area contributed by atoms with Crippen molar-refractivity contribution < 1.29 is 27.8 Å². The first-order valence-electron chi connectivity index (χ1n) is 16.3. The highest BCUT2D eigenvalue weighted by Crippen LogP contribution is 2.26. The number of hydrogen-bond acceptors (Lipinski definition) is 6. The van der Waals surface area contributed by atoms with Gasteiger partial charge in [-0.3, -0.25) is 9.69 Å². The second kappa shape index (κ2) is 16.9. The molecular weight excluding hydrogens is 660 g/mol. The Morgan fingerprint density at radius 3 is 2.28 bits per heavy atom. The third-order valence-electron chi connectivity index (χ3n) is 8.24. The number of ether oxygens (including phenoxy) is 3. The Bertz CT molecular complexity index is 1900. The number of benzene rings is 4. The molecule has 256 valence electrons. The van der Waals surface area contributed by atoms with Crippen molar-refractivity contribution in [2.45, 2.75) is 19.6 Å². The molecule has 6 rings (SSSR count). The average Bonchev–Trinajstić information content (AvgIpc) is 3.14. The number of amides is 1. The molecule has 1 amide bonds. The van der Waals surface area contributed by atoms with E-state index in [2.05, 4.69) is 34.1 Å². The van der Waals surface area contributed by atoms with E-state index in [0.717, 1.165) is 31.6 Å². The number of hydrogen-bond donors (Lipinski definition) is 0. The third kappa shape index (κ3) is 9.90. The van der Waals surface area contributed by atoms with Crippen LogP contribution in [0.25, 0.3) is 6.08 Å². The summed E-state index contributed by atoms with van der Waals surface area (Å²) in [6.07, 6.45) is 5.34. The van der Waals surface area contributed by atoms with Gasteiger partial charge in [-0.2, -0.15) is 0 Å². The molecule has 1 fully saturated rings. The Morgan fingerprint density at radius 2 is 1.56 bits per heavy atom. The summed E-state index contributed by atoms with van der Waals surface area (Å²) in [5, 5.41) is 0.622. The molecule has 1 aliphatic rings. The summed E-state index contributed by atoms with van der Waals surface area (Å²) in [6.45, 7) is 4.35. The molecule has 1 saturated heterocycles. The molecular formula is C40H36ClF2N3O4. The zero-order valence-corrected chi connectivity index (χ0v) is 28.1. The molecule has 4 aromatic carbocycles. The SMILES string of the molecule is O=C(C=Cc1ccc(Oc2ccc(OCc3ccccc3Cl)cn2)c(F)c1)N1CCN(Cc2ccc(CCOc3ccc(F)cc3)cc2)CC1. The Kier molecular flexibility index (Phi) is 11.7. The van der Waals surface area contributed by atoms with Crippen LogP contribution in [-0.2, 0) is 24.4 Å². The smallest absolute Gasteiger partial charge is 0.246 e. The van der Waals surface area contributed by atoms with Gasteiger partial charge in [0.1, 0.15) is 23.9 Å². The topological polar surface area (TPSA) is 64.1 Å². The summed E-state index contributed by atoms with van der Waals surface area (Å²) in [4.78, 5) is 21.2. The van der Waals surface area contributed by atoms with E-state index in [4.69, 9.17) is 25.8 Å². The number of rotatable bonds is 13. The van der Waals surface area contributed by atoms with Crippen molar-refractivity contribution in [1.29, 1.82) is 0 Å². The standard InChI is InChI=1S/C40H36ClF2N3O4/c41-36-4-2-1-3-32(36)28-49-35-15-17-39(44-26-35)50-38-16-9-30(25-37(38)43)10-18-40(47)46-22-20-45(21-23-46)27-31-7-5-29(6-8-31)19-24-48-34-13-11-33(42)12-14-34/h1-18,25-26H,19-24,27-28H2. The lowest BCUT2D eigenvalue weighted by molar-refractivity contribution is -0.127. The van der Waals surface area contributed by atoms with Crippen molar-refractivity contribution in [3.63, 3.8) is 0 Å². The van der Waals surface area contributed by atoms with Crippen LogP contribution in [0.2, 0.25) is 5.02 Å². The van der Waals surface area contributed by atoms with E-state index in [0.29, 0.717) is 48.4 Å². The minimum Gasteiger partial charge on any atom is -0.493 e. The van der Waals surface area contributed by atoms with Gasteiger partial charge in [0.25, 0.3) is 0 Å². The number of pyridine rings is 1. The predicted molar refractivity (Wildman–Crippen MR) is 189 cm³/mol. The van der Waals surface area contributed by atoms with Crippen molar-refractivity contribution in [3.05, 3.63) is 154 Å². The zero-order valence-electron chi connectivity index (χ0n) is 27.3. The van der Waals surface area contributed by atoms with Gasteiger partial charge in [0.05, 0.1) is 12.8 Å². The van der Waals surface area contributed by atoms with E-state index in [1.165, 1.54) is 47.7 Å². The Hall–Kier alpha value is -5.25. The molecule has 0 unspecified atom stereocenters. The fourth-order valence-corrected chi connectivity index (χ4v) is 5.58. The predicted octanol–water partition coefficient (Wildman–Crippen LogP) is 8.36. The molecule has 0 aliphatic carbocycles. The molecule has 0 N–H and O–H groups in total. The van der Waals surface area contributed by atoms with Crippen molar-refractivity contribution in [2.75, 3.05) is 32.8 Å². The van der Waals surface area contributed by atoms with Crippen LogP contribution in [0.15, 0.2) is 115 Å². The minimum absolute atomic E-state index is 0.0207. The van der Waals surface area contributed by atoms with Gasteiger partial charge in [-0.25, -0.2) is 13.8 Å². The summed E-state index contributed by atoms with van der Waals surface area (Å²) >= 11 is 6.17. The number of piperazine rings is 1. The van der Waals surface area contributed by atoms with Crippen LogP contribution in [-0.4, -0.2) is 53.5 Å². The maximum atomic E-state index is 14.9. The van der Waals surface area contributed by atoms with Gasteiger partial charge in [0, 0.05) is 61.9 Å². The van der Waals surface area contributed by atoms with Gasteiger partial charge >= 0.3 is 0 Å². The number of carbonyl (C=O) groups is 1. The molecule has 50 heavy (non-hydrogen) atoms. The first kappa shape index (κ1) is 34.6. The summed E-state index contributed by atoms with van der Waals surface area (Å²) in [5.41, 5.74) is 3.77. The maximum Gasteiger partial charge on any atom is 0.246 e. The van der Waals surface area contributed by atoms with Crippen LogP contribution in [0.1, 0.15) is 22.3 Å². The van der Waals surface area contributed by atoms with Gasteiger partial charge in [0.15, 0.2) is 11.6 Å². The maximum absolute atomic E-state index is 14.9. The monoisotopic (exact) mass is 695 g/mol. The molecule has 1 aliphatic heterocycles. The molecule has 0 bridgehead atoms. The highest BCUT2D eigenvalue weighted by atomic mass is 35.5. The van der Waals surface area contributed by atoms with Crippen LogP contribution < -0.4 is 14.2 Å². The fraction of sp³-hybridized carbons (Fsp3) is 0.200. The Morgan fingerprint density at radius 1 is 0.820 bits per heavy atom. The van der Waals surface area contributed by atoms with E-state index in [1.807, 2.05) is 18.2 Å². The Balaban J connectivity index is 0.914. The first-order valence-corrected chi connectivity index (χ1v) is 16.7. The number of aromatic nitrogens is 1. The molecule has 2 heterocycles. The van der Waals surface area contributed by atoms with Crippen molar-refractivity contribution in [2.24, 2.45) is 0 Å². The zero-order chi connectivity index (χ0) is 34.7. The summed E-state index contributed by atoms with van der Waals surface area (Å²) < 4.78 is 45.0. The third-order valence-corrected chi connectivity index (χ3v) is 8.61. The van der Waals surface area contributed by atoms with Crippen LogP contribution in [0.5, 0.6) is 23.1 Å². The molecule has 0 radical (unpaired) electrons.